The van der Waals surface area contributed by atoms with E-state index in [9.17, 15) is 0 Å². The largest absolute Gasteiger partial charge is 0.309 e. The summed E-state index contributed by atoms with van der Waals surface area (Å²) in [6.45, 7) is 0. The van der Waals surface area contributed by atoms with Crippen LogP contribution in [0.4, 0.5) is 0 Å². The molecule has 0 radical (unpaired) electrons. The Morgan fingerprint density at radius 1 is 0.0929 bits per heavy atom. The van der Waals surface area contributed by atoms with Crippen molar-refractivity contribution in [2.45, 2.75) is 0 Å². The lowest BCUT2D eigenvalue weighted by atomic mass is 9.94. The lowest BCUT2D eigenvalue weighted by Gasteiger charge is -2.15. The summed E-state index contributed by atoms with van der Waals surface area (Å²) in [7, 11) is 0. The molecular weight excluding hydrogens is 1690 g/mol. The van der Waals surface area contributed by atoms with Crippen molar-refractivity contribution in [3.05, 3.63) is 534 Å². The van der Waals surface area contributed by atoms with E-state index in [1.807, 2.05) is 0 Å². The monoisotopic (exact) mass is 1780 g/mol. The van der Waals surface area contributed by atoms with Crippen molar-refractivity contribution in [1.82, 2.24) is 27.4 Å². The number of hydrogen-bond acceptors (Lipinski definition) is 0. The van der Waals surface area contributed by atoms with Crippen molar-refractivity contribution < 1.29 is 0 Å². The van der Waals surface area contributed by atoms with Crippen molar-refractivity contribution in [2.75, 3.05) is 0 Å². The smallest absolute Gasteiger partial charge is 0.0541 e. The van der Waals surface area contributed by atoms with Gasteiger partial charge in [0, 0.05) is 98.8 Å². The van der Waals surface area contributed by atoms with Gasteiger partial charge >= 0.3 is 0 Å². The minimum atomic E-state index is 1.15. The Bertz CT molecular complexity index is 9920. The minimum absolute atomic E-state index is 1.15. The Kier molecular flexibility index (Phi) is 19.5. The van der Waals surface area contributed by atoms with Crippen LogP contribution < -0.4 is 0 Å². The molecule has 23 aromatic carbocycles. The molecule has 0 fully saturated rings. The molecule has 6 heteroatoms. The zero-order valence-electron chi connectivity index (χ0n) is 76.5. The molecule has 0 unspecified atom stereocenters. The van der Waals surface area contributed by atoms with Crippen LogP contribution in [-0.2, 0) is 0 Å². The maximum atomic E-state index is 2.42. The SMILES string of the molecule is c1ccc(-c2ccc(-n3c4ccccc4c4cc(-c5ccc6c(c5)c5ccccc5n6-c5ccc6ccccc6c5)ccc43)cc2)cc1.c1ccc(-c2ccc(-n3c4ccccc4c4cc(-c5ccc6c(c5)c5ccccc5n6-c5ccccc5)ccc43)cc2-c2ccccc2)cc1.c1ccc(-n2c3ccccc3c3cc(-c4ccc5c(c4)c4ccccc4n5-c4ccc5ccccc5c4)ccc32)cc1. The van der Waals surface area contributed by atoms with Crippen molar-refractivity contribution in [3.63, 3.8) is 0 Å². The van der Waals surface area contributed by atoms with E-state index in [1.165, 1.54) is 242 Å². The maximum Gasteiger partial charge on any atom is 0.0541 e. The van der Waals surface area contributed by atoms with Crippen LogP contribution in [-0.4, -0.2) is 27.4 Å². The van der Waals surface area contributed by atoms with Gasteiger partial charge in [0.25, 0.3) is 0 Å². The van der Waals surface area contributed by atoms with Gasteiger partial charge in [-0.3, -0.25) is 0 Å². The molecule has 29 aromatic rings. The highest BCUT2D eigenvalue weighted by Gasteiger charge is 2.24. The summed E-state index contributed by atoms with van der Waals surface area (Å²) < 4.78 is 14.4. The Labute approximate surface area is 808 Å². The van der Waals surface area contributed by atoms with Gasteiger partial charge in [-0.05, 0) is 270 Å². The summed E-state index contributed by atoms with van der Waals surface area (Å²) in [4.78, 5) is 0. The molecule has 6 aromatic heterocycles. The van der Waals surface area contributed by atoms with E-state index in [2.05, 4.69) is 561 Å². The van der Waals surface area contributed by atoms with Gasteiger partial charge in [0.05, 0.1) is 66.2 Å². The molecule has 6 nitrogen and oxygen atoms in total. The molecular formula is C134H88N6. The van der Waals surface area contributed by atoms with Crippen LogP contribution in [0.2, 0.25) is 0 Å². The zero-order chi connectivity index (χ0) is 92.2. The molecule has 0 aliphatic rings. The van der Waals surface area contributed by atoms with E-state index in [1.54, 1.807) is 0 Å². The van der Waals surface area contributed by atoms with Gasteiger partial charge < -0.3 is 27.4 Å². The summed E-state index contributed by atoms with van der Waals surface area (Å²) >= 11 is 0. The van der Waals surface area contributed by atoms with Gasteiger partial charge in [0.15, 0.2) is 0 Å². The highest BCUT2D eigenvalue weighted by Crippen LogP contribution is 2.46. The lowest BCUT2D eigenvalue weighted by molar-refractivity contribution is 1.18. The second-order valence-corrected chi connectivity index (χ2v) is 36.6. The standard InChI is InChI=1S/C48H32N2.C46H30N2.C40H26N2/c1-4-14-33(15-5-1)39-27-26-38(32-42(39)34-16-6-2-7-17-34)50-46-23-13-11-21-41(46)44-31-36(25-29-48(44)50)35-24-28-47-43(30-35)40-20-10-12-22-45(40)49(47)37-18-8-3-9-19-37;1-2-10-31(11-3-1)33-18-23-37(24-19-33)47-43-16-8-6-14-39(43)41-29-35(21-26-45(41)47)36-22-27-46-42(30-36)40-15-7-9-17-44(40)48(46)38-25-20-32-12-4-5-13-34(32)28-38;1-2-12-31(13-3-1)41-37-16-8-6-14-33(37)35-25-29(19-22-39(35)41)30-20-23-40-36(26-30)34-15-7-9-17-38(34)42(40)32-21-18-27-10-4-5-11-28(27)24-32/h1-32H;1-30H;1-26H. The first kappa shape index (κ1) is 81.0. The molecule has 29 rings (SSSR count). The second kappa shape index (κ2) is 33.8. The number of fused-ring (bicyclic) bond motifs is 20. The molecule has 0 aliphatic heterocycles. The van der Waals surface area contributed by atoms with Crippen molar-refractivity contribution in [2.24, 2.45) is 0 Å². The van der Waals surface area contributed by atoms with E-state index < -0.39 is 0 Å². The van der Waals surface area contributed by atoms with E-state index in [4.69, 9.17) is 0 Å². The molecule has 140 heavy (non-hydrogen) atoms. The number of rotatable bonds is 12. The zero-order valence-corrected chi connectivity index (χ0v) is 76.5. The van der Waals surface area contributed by atoms with Crippen LogP contribution in [0.1, 0.15) is 0 Å². The number of hydrogen-bond donors (Lipinski definition) is 0. The third kappa shape index (κ3) is 13.8. The van der Waals surface area contributed by atoms with Crippen LogP contribution in [0.5, 0.6) is 0 Å². The highest BCUT2D eigenvalue weighted by molar-refractivity contribution is 6.18. The maximum absolute atomic E-state index is 2.42. The van der Waals surface area contributed by atoms with Crippen LogP contribution in [0.15, 0.2) is 534 Å². The molecule has 0 atom stereocenters. The van der Waals surface area contributed by atoms with Gasteiger partial charge in [-0.2, -0.15) is 0 Å². The van der Waals surface area contributed by atoms with Crippen LogP contribution in [0, 0.1) is 0 Å². The molecule has 654 valence electrons. The van der Waals surface area contributed by atoms with Gasteiger partial charge in [-0.25, -0.2) is 0 Å². The molecule has 0 amide bonds. The fraction of sp³-hybridized carbons (Fsp3) is 0. The van der Waals surface area contributed by atoms with E-state index in [0.717, 1.165) is 11.4 Å². The summed E-state index contributed by atoms with van der Waals surface area (Å²) in [5, 5.41) is 20.1. The molecule has 0 saturated heterocycles. The third-order valence-electron chi connectivity index (χ3n) is 28.7. The minimum Gasteiger partial charge on any atom is -0.309 e. The number of benzene rings is 23. The third-order valence-corrected chi connectivity index (χ3v) is 28.7. The Balaban J connectivity index is 0.000000106. The van der Waals surface area contributed by atoms with E-state index >= 15 is 0 Å². The lowest BCUT2D eigenvalue weighted by Crippen LogP contribution is -1.96. The first-order valence-electron chi connectivity index (χ1n) is 48.2. The first-order chi connectivity index (χ1) is 69.4. The molecule has 0 aliphatic carbocycles. The van der Waals surface area contributed by atoms with Gasteiger partial charge in [-0.15, -0.1) is 0 Å². The van der Waals surface area contributed by atoms with Crippen molar-refractivity contribution in [3.8, 4) is 101 Å². The predicted molar refractivity (Wildman–Crippen MR) is 593 cm³/mol. The van der Waals surface area contributed by atoms with Crippen molar-refractivity contribution >= 4 is 152 Å². The average Bonchev–Trinajstić information content (AvgIpc) is 1.66. The van der Waals surface area contributed by atoms with E-state index in [-0.39, 0.29) is 0 Å². The van der Waals surface area contributed by atoms with Crippen molar-refractivity contribution in [1.29, 1.82) is 0 Å². The number of nitrogens with zero attached hydrogens (tertiary/aromatic N) is 6. The topological polar surface area (TPSA) is 29.6 Å². The molecule has 0 saturated carbocycles. The van der Waals surface area contributed by atoms with Crippen LogP contribution in [0.25, 0.3) is 253 Å². The van der Waals surface area contributed by atoms with E-state index in [0.29, 0.717) is 0 Å². The van der Waals surface area contributed by atoms with Crippen LogP contribution >= 0.6 is 0 Å². The summed E-state index contributed by atoms with van der Waals surface area (Å²) in [5.41, 5.74) is 36.3. The van der Waals surface area contributed by atoms with Crippen LogP contribution in [0.3, 0.4) is 0 Å². The fourth-order valence-corrected chi connectivity index (χ4v) is 22.2. The molecule has 0 N–H and O–H groups in total. The summed E-state index contributed by atoms with van der Waals surface area (Å²) in [6, 6.07) is 194. The molecule has 0 bridgehead atoms. The highest BCUT2D eigenvalue weighted by atomic mass is 15.0. The molecule has 0 spiro atoms. The van der Waals surface area contributed by atoms with Gasteiger partial charge in [0.2, 0.25) is 0 Å². The second-order valence-electron chi connectivity index (χ2n) is 36.6. The normalized spacial score (nSPS) is 11.7. The van der Waals surface area contributed by atoms with Gasteiger partial charge in [0.1, 0.15) is 0 Å². The summed E-state index contributed by atoms with van der Waals surface area (Å²) in [5.74, 6) is 0. The Morgan fingerprint density at radius 3 is 0.600 bits per heavy atom. The number of aromatic nitrogens is 6. The summed E-state index contributed by atoms with van der Waals surface area (Å²) in [6.07, 6.45) is 0. The Hall–Kier alpha value is -18.6. The average molecular weight is 1780 g/mol. The van der Waals surface area contributed by atoms with Gasteiger partial charge in [-0.1, -0.05) is 352 Å². The fourth-order valence-electron chi connectivity index (χ4n) is 22.2. The number of para-hydroxylation sites is 8. The first-order valence-corrected chi connectivity index (χ1v) is 48.2. The molecule has 6 heterocycles. The Morgan fingerprint density at radius 2 is 0.293 bits per heavy atom. The quantitative estimate of drug-likeness (QED) is 0.117. The predicted octanol–water partition coefficient (Wildman–Crippen LogP) is 36.0.